The maximum atomic E-state index is 5.58. The van der Waals surface area contributed by atoms with E-state index in [1.807, 2.05) is 11.7 Å². The van der Waals surface area contributed by atoms with Crippen molar-refractivity contribution in [1.29, 1.82) is 0 Å². The zero-order chi connectivity index (χ0) is 8.72. The SMILES string of the molecule is Cn1nc(Br)cc1[C@@H]1C[C@H]1CN. The highest BCUT2D eigenvalue weighted by molar-refractivity contribution is 9.10. The van der Waals surface area contributed by atoms with Crippen molar-refractivity contribution >= 4 is 15.9 Å². The van der Waals surface area contributed by atoms with Crippen LogP contribution in [0.5, 0.6) is 0 Å². The van der Waals surface area contributed by atoms with Crippen LogP contribution in [0.25, 0.3) is 0 Å². The molecule has 0 spiro atoms. The first-order valence-electron chi connectivity index (χ1n) is 4.12. The van der Waals surface area contributed by atoms with Crippen LogP contribution in [0.4, 0.5) is 0 Å². The second kappa shape index (κ2) is 2.85. The monoisotopic (exact) mass is 229 g/mol. The summed E-state index contributed by atoms with van der Waals surface area (Å²) in [5.41, 5.74) is 6.88. The lowest BCUT2D eigenvalue weighted by molar-refractivity contribution is 0.686. The van der Waals surface area contributed by atoms with Gasteiger partial charge in [-0.25, -0.2) is 0 Å². The molecule has 1 aliphatic rings. The van der Waals surface area contributed by atoms with Gasteiger partial charge in [0, 0.05) is 18.7 Å². The van der Waals surface area contributed by atoms with Gasteiger partial charge in [0.15, 0.2) is 0 Å². The average Bonchev–Trinajstić information content (AvgIpc) is 2.72. The molecule has 0 saturated heterocycles. The highest BCUT2D eigenvalue weighted by atomic mass is 79.9. The van der Waals surface area contributed by atoms with E-state index in [2.05, 4.69) is 27.1 Å². The highest BCUT2D eigenvalue weighted by Gasteiger charge is 2.39. The Labute approximate surface area is 80.1 Å². The zero-order valence-electron chi connectivity index (χ0n) is 7.00. The Bertz CT molecular complexity index is 294. The van der Waals surface area contributed by atoms with Gasteiger partial charge in [-0.15, -0.1) is 0 Å². The summed E-state index contributed by atoms with van der Waals surface area (Å²) in [6.07, 6.45) is 1.22. The van der Waals surface area contributed by atoms with Crippen molar-refractivity contribution in [3.63, 3.8) is 0 Å². The molecule has 2 atom stereocenters. The number of hydrogen-bond acceptors (Lipinski definition) is 2. The predicted molar refractivity (Wildman–Crippen MR) is 50.8 cm³/mol. The van der Waals surface area contributed by atoms with Gasteiger partial charge in [0.1, 0.15) is 4.60 Å². The van der Waals surface area contributed by atoms with Crippen LogP contribution in [0, 0.1) is 5.92 Å². The molecule has 2 N–H and O–H groups in total. The number of halogens is 1. The Morgan fingerprint density at radius 3 is 3.00 bits per heavy atom. The minimum absolute atomic E-state index is 0.652. The Morgan fingerprint density at radius 2 is 2.58 bits per heavy atom. The Morgan fingerprint density at radius 1 is 1.83 bits per heavy atom. The van der Waals surface area contributed by atoms with E-state index in [1.54, 1.807) is 0 Å². The number of rotatable bonds is 2. The third-order valence-corrected chi connectivity index (χ3v) is 2.88. The van der Waals surface area contributed by atoms with Crippen LogP contribution in [0.3, 0.4) is 0 Å². The normalized spacial score (nSPS) is 27.6. The quantitative estimate of drug-likeness (QED) is 0.830. The van der Waals surface area contributed by atoms with Crippen molar-refractivity contribution in [3.8, 4) is 0 Å². The molecular formula is C8H12BrN3. The molecule has 0 radical (unpaired) electrons. The number of hydrogen-bond donors (Lipinski definition) is 1. The van der Waals surface area contributed by atoms with E-state index in [9.17, 15) is 0 Å². The van der Waals surface area contributed by atoms with Gasteiger partial charge in [-0.2, -0.15) is 5.10 Å². The molecule has 0 aliphatic heterocycles. The van der Waals surface area contributed by atoms with Gasteiger partial charge < -0.3 is 5.73 Å². The van der Waals surface area contributed by atoms with E-state index in [1.165, 1.54) is 12.1 Å². The molecule has 4 heteroatoms. The van der Waals surface area contributed by atoms with E-state index in [0.717, 1.165) is 11.1 Å². The first-order valence-corrected chi connectivity index (χ1v) is 4.91. The third kappa shape index (κ3) is 1.29. The van der Waals surface area contributed by atoms with E-state index in [-0.39, 0.29) is 0 Å². The minimum atomic E-state index is 0.652. The van der Waals surface area contributed by atoms with Crippen LogP contribution in [0.2, 0.25) is 0 Å². The summed E-state index contributed by atoms with van der Waals surface area (Å²) in [4.78, 5) is 0. The Hall–Kier alpha value is -0.350. The molecule has 1 saturated carbocycles. The zero-order valence-corrected chi connectivity index (χ0v) is 8.58. The van der Waals surface area contributed by atoms with E-state index in [4.69, 9.17) is 5.73 Å². The van der Waals surface area contributed by atoms with E-state index in [0.29, 0.717) is 11.8 Å². The lowest BCUT2D eigenvalue weighted by atomic mass is 10.2. The highest BCUT2D eigenvalue weighted by Crippen LogP contribution is 2.46. The van der Waals surface area contributed by atoms with Crippen LogP contribution in [0.15, 0.2) is 10.7 Å². The fourth-order valence-electron chi connectivity index (χ4n) is 1.66. The van der Waals surface area contributed by atoms with Crippen molar-refractivity contribution in [1.82, 2.24) is 9.78 Å². The molecule has 0 unspecified atom stereocenters. The maximum absolute atomic E-state index is 5.58. The number of nitrogens with zero attached hydrogens (tertiary/aromatic N) is 2. The van der Waals surface area contributed by atoms with Crippen molar-refractivity contribution in [2.75, 3.05) is 6.54 Å². The molecule has 3 nitrogen and oxygen atoms in total. The Balaban J connectivity index is 2.19. The molecule has 66 valence electrons. The lowest BCUT2D eigenvalue weighted by Crippen LogP contribution is -2.04. The molecule has 0 amide bonds. The summed E-state index contributed by atoms with van der Waals surface area (Å²) in [5, 5.41) is 4.23. The van der Waals surface area contributed by atoms with Gasteiger partial charge in [-0.3, -0.25) is 4.68 Å². The molecule has 1 aliphatic carbocycles. The van der Waals surface area contributed by atoms with Crippen LogP contribution < -0.4 is 5.73 Å². The van der Waals surface area contributed by atoms with Crippen molar-refractivity contribution in [2.45, 2.75) is 12.3 Å². The van der Waals surface area contributed by atoms with E-state index < -0.39 is 0 Å². The summed E-state index contributed by atoms with van der Waals surface area (Å²) in [7, 11) is 1.98. The van der Waals surface area contributed by atoms with Gasteiger partial charge in [0.2, 0.25) is 0 Å². The van der Waals surface area contributed by atoms with Crippen molar-refractivity contribution in [3.05, 3.63) is 16.4 Å². The molecule has 2 rings (SSSR count). The number of nitrogens with two attached hydrogens (primary N) is 1. The third-order valence-electron chi connectivity index (χ3n) is 2.49. The summed E-state index contributed by atoms with van der Waals surface area (Å²) in [5.74, 6) is 1.34. The fraction of sp³-hybridized carbons (Fsp3) is 0.625. The largest absolute Gasteiger partial charge is 0.330 e. The van der Waals surface area contributed by atoms with Gasteiger partial charge in [0.25, 0.3) is 0 Å². The minimum Gasteiger partial charge on any atom is -0.330 e. The number of aryl methyl sites for hydroxylation is 1. The van der Waals surface area contributed by atoms with Gasteiger partial charge in [-0.05, 0) is 40.9 Å². The molecule has 1 heterocycles. The molecule has 12 heavy (non-hydrogen) atoms. The maximum Gasteiger partial charge on any atom is 0.128 e. The first-order chi connectivity index (χ1) is 5.72. The predicted octanol–water partition coefficient (Wildman–Crippen LogP) is 1.24. The van der Waals surface area contributed by atoms with Crippen LogP contribution in [0.1, 0.15) is 18.0 Å². The van der Waals surface area contributed by atoms with E-state index >= 15 is 0 Å². The second-order valence-electron chi connectivity index (χ2n) is 3.35. The van der Waals surface area contributed by atoms with Crippen LogP contribution >= 0.6 is 15.9 Å². The first kappa shape index (κ1) is 8.26. The molecule has 0 aromatic carbocycles. The summed E-state index contributed by atoms with van der Waals surface area (Å²) in [6.45, 7) is 0.799. The summed E-state index contributed by atoms with van der Waals surface area (Å²) < 4.78 is 2.85. The second-order valence-corrected chi connectivity index (χ2v) is 4.17. The van der Waals surface area contributed by atoms with Gasteiger partial charge in [-0.1, -0.05) is 0 Å². The van der Waals surface area contributed by atoms with Crippen LogP contribution in [-0.2, 0) is 7.05 Å². The molecular weight excluding hydrogens is 218 g/mol. The molecule has 1 aromatic heterocycles. The standard InChI is InChI=1S/C8H12BrN3/c1-12-7(3-8(9)11-12)6-2-5(6)4-10/h3,5-6H,2,4,10H2,1H3/t5-,6+/m0/s1. The van der Waals surface area contributed by atoms with Gasteiger partial charge in [0.05, 0.1) is 0 Å². The van der Waals surface area contributed by atoms with Crippen LogP contribution in [-0.4, -0.2) is 16.3 Å². The van der Waals surface area contributed by atoms with Crippen molar-refractivity contribution < 1.29 is 0 Å². The van der Waals surface area contributed by atoms with Gasteiger partial charge >= 0.3 is 0 Å². The number of aromatic nitrogens is 2. The smallest absolute Gasteiger partial charge is 0.128 e. The molecule has 1 fully saturated rings. The lowest BCUT2D eigenvalue weighted by Gasteiger charge is -1.97. The topological polar surface area (TPSA) is 43.8 Å². The summed E-state index contributed by atoms with van der Waals surface area (Å²) >= 11 is 3.36. The van der Waals surface area contributed by atoms with Crippen molar-refractivity contribution in [2.24, 2.45) is 18.7 Å². The summed E-state index contributed by atoms with van der Waals surface area (Å²) in [6, 6.07) is 2.08. The molecule has 0 bridgehead atoms. The Kier molecular flexibility index (Phi) is 1.96. The molecule has 1 aromatic rings. The average molecular weight is 230 g/mol. The fourth-order valence-corrected chi connectivity index (χ4v) is 2.14.